The van der Waals surface area contributed by atoms with Crippen LogP contribution in [-0.4, -0.2) is 58.5 Å². The number of para-hydroxylation sites is 1. The number of piperazine rings is 1. The van der Waals surface area contributed by atoms with Crippen molar-refractivity contribution in [2.24, 2.45) is 0 Å². The Morgan fingerprint density at radius 3 is 2.55 bits per heavy atom. The second kappa shape index (κ2) is 8.06. The molecule has 170 valence electrons. The van der Waals surface area contributed by atoms with E-state index in [-0.39, 0.29) is 23.7 Å². The van der Waals surface area contributed by atoms with E-state index in [1.54, 1.807) is 23.0 Å². The smallest absolute Gasteiger partial charge is 0.347 e. The zero-order valence-electron chi connectivity index (χ0n) is 17.3. The molecule has 3 heterocycles. The molecule has 0 atom stereocenters. The maximum atomic E-state index is 12.9. The summed E-state index contributed by atoms with van der Waals surface area (Å²) in [7, 11) is -3.84. The van der Waals surface area contributed by atoms with Crippen LogP contribution in [0, 0.1) is 10.1 Å². The number of hydrogen-bond donors (Lipinski definition) is 0. The number of nitro groups is 1. The highest BCUT2D eigenvalue weighted by Gasteiger charge is 2.29. The van der Waals surface area contributed by atoms with Crippen molar-refractivity contribution < 1.29 is 17.8 Å². The summed E-state index contributed by atoms with van der Waals surface area (Å²) in [4.78, 5) is 24.6. The van der Waals surface area contributed by atoms with Gasteiger partial charge in [0.2, 0.25) is 10.0 Å². The van der Waals surface area contributed by atoms with Gasteiger partial charge >= 0.3 is 5.63 Å². The minimum atomic E-state index is -3.84. The summed E-state index contributed by atoms with van der Waals surface area (Å²) >= 11 is 0. The first-order valence-corrected chi connectivity index (χ1v) is 11.6. The van der Waals surface area contributed by atoms with Gasteiger partial charge in [0.25, 0.3) is 5.69 Å². The van der Waals surface area contributed by atoms with E-state index in [0.717, 1.165) is 11.5 Å². The van der Waals surface area contributed by atoms with Gasteiger partial charge < -0.3 is 4.42 Å². The minimum Gasteiger partial charge on any atom is -0.422 e. The maximum Gasteiger partial charge on any atom is 0.347 e. The number of benzene rings is 2. The van der Waals surface area contributed by atoms with Crippen molar-refractivity contribution in [2.45, 2.75) is 11.6 Å². The molecule has 5 rings (SSSR count). The molecule has 1 fully saturated rings. The Bertz CT molecular complexity index is 1540. The maximum absolute atomic E-state index is 12.9. The molecular formula is C21H19N5O6S. The van der Waals surface area contributed by atoms with E-state index in [1.165, 1.54) is 22.5 Å². The van der Waals surface area contributed by atoms with Crippen LogP contribution in [0.4, 0.5) is 5.69 Å². The number of sulfonamides is 1. The molecule has 12 heteroatoms. The standard InChI is InChI=1S/C21H19N5O6S/c27-21-18-13-24(22-20(18)17-6-1-2-7-19(17)32-21)14-23-8-10-25(11-9-23)33(30,31)16-5-3-4-15(12-16)26(28)29/h1-7,12-13H,8-11,14H2. The SMILES string of the molecule is O=c1oc2ccccc2c2nn(CN3CCN(S(=O)(=O)c4cccc([N+](=O)[O-])c4)CC3)cc12. The van der Waals surface area contributed by atoms with Gasteiger partial charge in [0.05, 0.1) is 16.5 Å². The van der Waals surface area contributed by atoms with Gasteiger partial charge in [-0.25, -0.2) is 13.2 Å². The molecule has 0 unspecified atom stereocenters. The van der Waals surface area contributed by atoms with Gasteiger partial charge in [-0.2, -0.15) is 9.40 Å². The van der Waals surface area contributed by atoms with Crippen molar-refractivity contribution in [3.63, 3.8) is 0 Å². The van der Waals surface area contributed by atoms with E-state index in [4.69, 9.17) is 4.42 Å². The lowest BCUT2D eigenvalue weighted by molar-refractivity contribution is -0.385. The molecule has 0 N–H and O–H groups in total. The number of nitrogens with zero attached hydrogens (tertiary/aromatic N) is 5. The van der Waals surface area contributed by atoms with Crippen LogP contribution in [0.3, 0.4) is 0 Å². The van der Waals surface area contributed by atoms with Gasteiger partial charge in [-0.1, -0.05) is 18.2 Å². The minimum absolute atomic E-state index is 0.0953. The van der Waals surface area contributed by atoms with Crippen molar-refractivity contribution in [1.29, 1.82) is 0 Å². The van der Waals surface area contributed by atoms with E-state index < -0.39 is 20.6 Å². The lowest BCUT2D eigenvalue weighted by Crippen LogP contribution is -2.48. The van der Waals surface area contributed by atoms with Crippen LogP contribution in [0.15, 0.2) is 68.8 Å². The number of hydrogen-bond acceptors (Lipinski definition) is 8. The first-order valence-electron chi connectivity index (χ1n) is 10.2. The Labute approximate surface area is 187 Å². The van der Waals surface area contributed by atoms with Crippen molar-refractivity contribution >= 4 is 37.6 Å². The average molecular weight is 469 g/mol. The predicted molar refractivity (Wildman–Crippen MR) is 119 cm³/mol. The van der Waals surface area contributed by atoms with Crippen molar-refractivity contribution in [3.05, 3.63) is 75.3 Å². The van der Waals surface area contributed by atoms with Crippen LogP contribution in [0.5, 0.6) is 0 Å². The van der Waals surface area contributed by atoms with Gasteiger partial charge in [0.15, 0.2) is 0 Å². The third-order valence-corrected chi connectivity index (χ3v) is 7.56. The largest absolute Gasteiger partial charge is 0.422 e. The van der Waals surface area contributed by atoms with Gasteiger partial charge in [-0.3, -0.25) is 19.7 Å². The molecule has 4 aromatic rings. The van der Waals surface area contributed by atoms with Crippen LogP contribution < -0.4 is 5.63 Å². The molecule has 0 spiro atoms. The quantitative estimate of drug-likeness (QED) is 0.246. The molecule has 2 aromatic heterocycles. The first-order chi connectivity index (χ1) is 15.8. The summed E-state index contributed by atoms with van der Waals surface area (Å²) in [5.41, 5.74) is 0.314. The van der Waals surface area contributed by atoms with E-state index in [0.29, 0.717) is 36.2 Å². The zero-order valence-corrected chi connectivity index (χ0v) is 18.1. The highest BCUT2D eigenvalue weighted by molar-refractivity contribution is 7.89. The third-order valence-electron chi connectivity index (χ3n) is 5.67. The first kappa shape index (κ1) is 21.2. The number of fused-ring (bicyclic) bond motifs is 3. The fourth-order valence-corrected chi connectivity index (χ4v) is 5.43. The molecule has 0 saturated carbocycles. The highest BCUT2D eigenvalue weighted by atomic mass is 32.2. The Morgan fingerprint density at radius 1 is 1.03 bits per heavy atom. The molecular weight excluding hydrogens is 450 g/mol. The Balaban J connectivity index is 1.32. The van der Waals surface area contributed by atoms with Crippen LogP contribution in [-0.2, 0) is 16.7 Å². The molecule has 0 aliphatic carbocycles. The average Bonchev–Trinajstić information content (AvgIpc) is 3.24. The molecule has 11 nitrogen and oxygen atoms in total. The Kier molecular flexibility index (Phi) is 5.19. The normalized spacial score (nSPS) is 15.9. The summed E-state index contributed by atoms with van der Waals surface area (Å²) in [6, 6.07) is 12.3. The van der Waals surface area contributed by atoms with Gasteiger partial charge in [-0.05, 0) is 18.2 Å². The number of nitro benzene ring substituents is 1. The fourth-order valence-electron chi connectivity index (χ4n) is 3.97. The monoisotopic (exact) mass is 469 g/mol. The summed E-state index contributed by atoms with van der Waals surface area (Å²) in [5, 5.41) is 16.7. The topological polar surface area (TPSA) is 132 Å². The molecule has 1 aliphatic rings. The molecule has 0 radical (unpaired) electrons. The van der Waals surface area contributed by atoms with E-state index >= 15 is 0 Å². The summed E-state index contributed by atoms with van der Waals surface area (Å²) in [5.74, 6) is 0. The van der Waals surface area contributed by atoms with Crippen LogP contribution in [0.1, 0.15) is 0 Å². The van der Waals surface area contributed by atoms with E-state index in [9.17, 15) is 23.3 Å². The van der Waals surface area contributed by atoms with Crippen LogP contribution in [0.2, 0.25) is 0 Å². The lowest BCUT2D eigenvalue weighted by Gasteiger charge is -2.33. The molecule has 0 bridgehead atoms. The number of non-ortho nitro benzene ring substituents is 1. The van der Waals surface area contributed by atoms with Crippen molar-refractivity contribution in [1.82, 2.24) is 19.0 Å². The summed E-state index contributed by atoms with van der Waals surface area (Å²) in [6.07, 6.45) is 1.64. The fraction of sp³-hybridized carbons (Fsp3) is 0.238. The Morgan fingerprint density at radius 2 is 1.79 bits per heavy atom. The van der Waals surface area contributed by atoms with Crippen LogP contribution in [0.25, 0.3) is 21.9 Å². The second-order valence-electron chi connectivity index (χ2n) is 7.73. The third kappa shape index (κ3) is 3.88. The summed E-state index contributed by atoms with van der Waals surface area (Å²) < 4.78 is 34.2. The molecule has 1 saturated heterocycles. The zero-order chi connectivity index (χ0) is 23.2. The van der Waals surface area contributed by atoms with E-state index in [1.807, 2.05) is 17.0 Å². The number of rotatable bonds is 5. The lowest BCUT2D eigenvalue weighted by atomic mass is 10.2. The predicted octanol–water partition coefficient (Wildman–Crippen LogP) is 2.01. The Hall–Kier alpha value is -3.61. The van der Waals surface area contributed by atoms with Crippen molar-refractivity contribution in [2.75, 3.05) is 26.2 Å². The number of aromatic nitrogens is 2. The summed E-state index contributed by atoms with van der Waals surface area (Å²) in [6.45, 7) is 1.74. The van der Waals surface area contributed by atoms with E-state index in [2.05, 4.69) is 5.10 Å². The second-order valence-corrected chi connectivity index (χ2v) is 9.67. The highest BCUT2D eigenvalue weighted by Crippen LogP contribution is 2.23. The molecule has 0 amide bonds. The van der Waals surface area contributed by atoms with Gasteiger partial charge in [0.1, 0.15) is 16.5 Å². The van der Waals surface area contributed by atoms with Gasteiger partial charge in [-0.15, -0.1) is 0 Å². The molecule has 2 aromatic carbocycles. The van der Waals surface area contributed by atoms with Crippen molar-refractivity contribution in [3.8, 4) is 0 Å². The van der Waals surface area contributed by atoms with Crippen LogP contribution >= 0.6 is 0 Å². The molecule has 33 heavy (non-hydrogen) atoms. The van der Waals surface area contributed by atoms with Gasteiger partial charge in [0, 0.05) is 49.9 Å². The molecule has 1 aliphatic heterocycles.